The van der Waals surface area contributed by atoms with Crippen LogP contribution < -0.4 is 5.32 Å². The van der Waals surface area contributed by atoms with Gasteiger partial charge in [0.05, 0.1) is 17.9 Å². The summed E-state index contributed by atoms with van der Waals surface area (Å²) < 4.78 is 1.87. The lowest BCUT2D eigenvalue weighted by Gasteiger charge is -2.08. The van der Waals surface area contributed by atoms with Crippen LogP contribution in [0.1, 0.15) is 39.1 Å². The van der Waals surface area contributed by atoms with Crippen molar-refractivity contribution in [1.82, 2.24) is 19.9 Å². The maximum absolute atomic E-state index is 12.7. The van der Waals surface area contributed by atoms with E-state index in [4.69, 9.17) is 4.98 Å². The topological polar surface area (TPSA) is 59.3 Å². The molecular formula is C22H22N4OS. The highest BCUT2D eigenvalue weighted by molar-refractivity contribution is 7.16. The van der Waals surface area contributed by atoms with Crippen molar-refractivity contribution in [3.8, 4) is 11.3 Å². The summed E-state index contributed by atoms with van der Waals surface area (Å²) in [6, 6.07) is 15.9. The van der Waals surface area contributed by atoms with Crippen LogP contribution in [0.25, 0.3) is 16.2 Å². The molecule has 2 aromatic carbocycles. The normalized spacial score (nSPS) is 11.1. The molecule has 0 spiro atoms. The van der Waals surface area contributed by atoms with E-state index in [1.54, 1.807) is 11.3 Å². The van der Waals surface area contributed by atoms with E-state index in [2.05, 4.69) is 23.4 Å². The molecule has 4 aromatic rings. The van der Waals surface area contributed by atoms with Gasteiger partial charge < -0.3 is 5.32 Å². The summed E-state index contributed by atoms with van der Waals surface area (Å²) in [6.07, 6.45) is 0.864. The van der Waals surface area contributed by atoms with Gasteiger partial charge >= 0.3 is 0 Å². The molecule has 0 unspecified atom stereocenters. The molecule has 0 atom stereocenters. The fourth-order valence-electron chi connectivity index (χ4n) is 3.33. The van der Waals surface area contributed by atoms with Gasteiger partial charge in [-0.25, -0.2) is 9.50 Å². The summed E-state index contributed by atoms with van der Waals surface area (Å²) in [4.78, 5) is 18.4. The molecule has 0 radical (unpaired) electrons. The zero-order valence-electron chi connectivity index (χ0n) is 16.2. The van der Waals surface area contributed by atoms with Gasteiger partial charge in [0, 0.05) is 11.1 Å². The number of carbonyl (C=O) groups is 1. The summed E-state index contributed by atoms with van der Waals surface area (Å²) in [5.74, 6) is -0.0910. The van der Waals surface area contributed by atoms with Crippen molar-refractivity contribution in [1.29, 1.82) is 0 Å². The van der Waals surface area contributed by atoms with Crippen LogP contribution in [0.2, 0.25) is 0 Å². The number of fused-ring (bicyclic) bond motifs is 1. The number of benzene rings is 2. The first-order chi connectivity index (χ1) is 13.5. The molecule has 0 aliphatic rings. The molecule has 28 heavy (non-hydrogen) atoms. The molecule has 0 fully saturated rings. The monoisotopic (exact) mass is 390 g/mol. The first kappa shape index (κ1) is 18.4. The molecular weight excluding hydrogens is 368 g/mol. The van der Waals surface area contributed by atoms with Gasteiger partial charge in [-0.1, -0.05) is 65.8 Å². The molecule has 2 heterocycles. The number of carbonyl (C=O) groups excluding carboxylic acids is 1. The quantitative estimate of drug-likeness (QED) is 0.543. The van der Waals surface area contributed by atoms with Crippen molar-refractivity contribution in [2.24, 2.45) is 0 Å². The highest BCUT2D eigenvalue weighted by Gasteiger charge is 2.18. The fraction of sp³-hybridized carbons (Fsp3) is 0.227. The molecule has 0 bridgehead atoms. The van der Waals surface area contributed by atoms with E-state index < -0.39 is 0 Å². The molecule has 1 amide bonds. The molecule has 2 aromatic heterocycles. The summed E-state index contributed by atoms with van der Waals surface area (Å²) in [6.45, 7) is 6.45. The standard InChI is InChI=1S/C22H22N4OS/c1-4-19-25-26-18(13-23-21(27)17-11-14(2)10-15(3)12-17)20(24-22(26)28-19)16-8-6-5-7-9-16/h5-12H,4,13H2,1-3H3,(H,23,27). The second kappa shape index (κ2) is 7.56. The van der Waals surface area contributed by atoms with Crippen molar-refractivity contribution in [3.63, 3.8) is 0 Å². The van der Waals surface area contributed by atoms with E-state index in [0.717, 1.165) is 44.5 Å². The Bertz CT molecular complexity index is 1120. The Balaban J connectivity index is 1.68. The maximum atomic E-state index is 12.7. The number of amides is 1. The lowest BCUT2D eigenvalue weighted by Crippen LogP contribution is -2.24. The predicted molar refractivity (Wildman–Crippen MR) is 113 cm³/mol. The van der Waals surface area contributed by atoms with Gasteiger partial charge in [-0.3, -0.25) is 4.79 Å². The van der Waals surface area contributed by atoms with E-state index in [1.807, 2.05) is 60.8 Å². The molecule has 5 nitrogen and oxygen atoms in total. The Morgan fingerprint density at radius 3 is 2.50 bits per heavy atom. The van der Waals surface area contributed by atoms with Gasteiger partial charge in [-0.2, -0.15) is 5.10 Å². The van der Waals surface area contributed by atoms with Crippen LogP contribution in [0.4, 0.5) is 0 Å². The number of aryl methyl sites for hydroxylation is 3. The lowest BCUT2D eigenvalue weighted by molar-refractivity contribution is 0.0950. The minimum absolute atomic E-state index is 0.0910. The summed E-state index contributed by atoms with van der Waals surface area (Å²) in [7, 11) is 0. The minimum atomic E-state index is -0.0910. The first-order valence-electron chi connectivity index (χ1n) is 9.34. The maximum Gasteiger partial charge on any atom is 0.251 e. The number of hydrogen-bond donors (Lipinski definition) is 1. The second-order valence-corrected chi connectivity index (χ2v) is 7.92. The highest BCUT2D eigenvalue weighted by Crippen LogP contribution is 2.27. The Morgan fingerprint density at radius 1 is 1.11 bits per heavy atom. The van der Waals surface area contributed by atoms with E-state index in [0.29, 0.717) is 12.1 Å². The molecule has 0 aliphatic heterocycles. The van der Waals surface area contributed by atoms with Crippen LogP contribution in [0, 0.1) is 13.8 Å². The Hall–Kier alpha value is -2.99. The minimum Gasteiger partial charge on any atom is -0.346 e. The number of imidazole rings is 1. The third-order valence-corrected chi connectivity index (χ3v) is 5.64. The number of aromatic nitrogens is 3. The van der Waals surface area contributed by atoms with Crippen LogP contribution in [0.5, 0.6) is 0 Å². The number of rotatable bonds is 5. The van der Waals surface area contributed by atoms with Gasteiger partial charge in [-0.05, 0) is 32.4 Å². The first-order valence-corrected chi connectivity index (χ1v) is 10.2. The Labute approximate surface area is 168 Å². The highest BCUT2D eigenvalue weighted by atomic mass is 32.1. The zero-order chi connectivity index (χ0) is 19.7. The third kappa shape index (κ3) is 3.55. The van der Waals surface area contributed by atoms with Crippen LogP contribution in [0.15, 0.2) is 48.5 Å². The third-order valence-electron chi connectivity index (χ3n) is 4.59. The largest absolute Gasteiger partial charge is 0.346 e. The van der Waals surface area contributed by atoms with Crippen molar-refractivity contribution >= 4 is 22.2 Å². The van der Waals surface area contributed by atoms with E-state index in [-0.39, 0.29) is 5.91 Å². The van der Waals surface area contributed by atoms with Crippen molar-refractivity contribution in [2.75, 3.05) is 0 Å². The average Bonchev–Trinajstić information content (AvgIpc) is 3.23. The SMILES string of the molecule is CCc1nn2c(CNC(=O)c3cc(C)cc(C)c3)c(-c3ccccc3)nc2s1. The molecule has 142 valence electrons. The molecule has 4 rings (SSSR count). The van der Waals surface area contributed by atoms with Crippen LogP contribution in [0.3, 0.4) is 0 Å². The van der Waals surface area contributed by atoms with E-state index in [1.165, 1.54) is 0 Å². The van der Waals surface area contributed by atoms with Crippen LogP contribution in [-0.4, -0.2) is 20.5 Å². The smallest absolute Gasteiger partial charge is 0.251 e. The van der Waals surface area contributed by atoms with Crippen molar-refractivity contribution in [2.45, 2.75) is 33.7 Å². The van der Waals surface area contributed by atoms with Crippen LogP contribution in [-0.2, 0) is 13.0 Å². The summed E-state index contributed by atoms with van der Waals surface area (Å²) >= 11 is 1.59. The van der Waals surface area contributed by atoms with E-state index >= 15 is 0 Å². The molecule has 1 N–H and O–H groups in total. The molecule has 6 heteroatoms. The van der Waals surface area contributed by atoms with Gasteiger partial charge in [0.1, 0.15) is 5.01 Å². The number of nitrogens with one attached hydrogen (secondary N) is 1. The average molecular weight is 391 g/mol. The van der Waals surface area contributed by atoms with Crippen molar-refractivity contribution < 1.29 is 4.79 Å². The second-order valence-electron chi connectivity index (χ2n) is 6.88. The van der Waals surface area contributed by atoms with Crippen molar-refractivity contribution in [3.05, 3.63) is 75.9 Å². The van der Waals surface area contributed by atoms with Gasteiger partial charge in [0.15, 0.2) is 0 Å². The summed E-state index contributed by atoms with van der Waals surface area (Å²) in [5, 5.41) is 8.76. The Kier molecular flexibility index (Phi) is 4.96. The lowest BCUT2D eigenvalue weighted by atomic mass is 10.1. The van der Waals surface area contributed by atoms with Gasteiger partial charge in [0.2, 0.25) is 4.96 Å². The van der Waals surface area contributed by atoms with E-state index in [9.17, 15) is 4.79 Å². The number of nitrogens with zero attached hydrogens (tertiary/aromatic N) is 3. The Morgan fingerprint density at radius 2 is 1.82 bits per heavy atom. The molecule has 0 aliphatic carbocycles. The summed E-state index contributed by atoms with van der Waals surface area (Å²) in [5.41, 5.74) is 5.61. The molecule has 0 saturated carbocycles. The predicted octanol–water partition coefficient (Wildman–Crippen LogP) is 4.57. The van der Waals surface area contributed by atoms with Crippen LogP contribution >= 0.6 is 11.3 Å². The fourth-order valence-corrected chi connectivity index (χ4v) is 4.18. The molecule has 0 saturated heterocycles. The van der Waals surface area contributed by atoms with Gasteiger partial charge in [-0.15, -0.1) is 0 Å². The number of hydrogen-bond acceptors (Lipinski definition) is 4. The van der Waals surface area contributed by atoms with Gasteiger partial charge in [0.25, 0.3) is 5.91 Å². The zero-order valence-corrected chi connectivity index (χ0v) is 17.0.